The van der Waals surface area contributed by atoms with Crippen LogP contribution in [0.5, 0.6) is 0 Å². The van der Waals surface area contributed by atoms with Crippen molar-refractivity contribution < 1.29 is 18.8 Å². The van der Waals surface area contributed by atoms with Gasteiger partial charge in [0.15, 0.2) is 11.0 Å². The molecule has 10 heteroatoms. The molecule has 2 aromatic heterocycles. The molecule has 0 bridgehead atoms. The molecule has 9 nitrogen and oxygen atoms in total. The van der Waals surface area contributed by atoms with E-state index in [0.717, 1.165) is 12.8 Å². The van der Waals surface area contributed by atoms with Crippen molar-refractivity contribution in [3.8, 4) is 0 Å². The number of hydrogen-bond acceptors (Lipinski definition) is 9. The fraction of sp³-hybridized carbons (Fsp3) is 0.450. The summed E-state index contributed by atoms with van der Waals surface area (Å²) in [7, 11) is 1.31. The van der Waals surface area contributed by atoms with Crippen LogP contribution >= 0.6 is 11.8 Å². The van der Waals surface area contributed by atoms with Gasteiger partial charge in [0, 0.05) is 6.61 Å². The van der Waals surface area contributed by atoms with Crippen molar-refractivity contribution in [3.05, 3.63) is 45.8 Å². The molecule has 1 aliphatic rings. The van der Waals surface area contributed by atoms with Crippen LogP contribution in [0, 0.1) is 6.92 Å². The molecule has 0 N–H and O–H groups in total. The minimum atomic E-state index is -0.480. The molecule has 158 valence electrons. The van der Waals surface area contributed by atoms with Crippen LogP contribution in [0.3, 0.4) is 0 Å². The number of aromatic nitrogens is 4. The topological polar surface area (TPSA) is 109 Å². The van der Waals surface area contributed by atoms with E-state index in [-0.39, 0.29) is 16.9 Å². The lowest BCUT2D eigenvalue weighted by Gasteiger charge is -2.17. The lowest BCUT2D eigenvalue weighted by Crippen LogP contribution is -2.29. The zero-order chi connectivity index (χ0) is 21.3. The summed E-state index contributed by atoms with van der Waals surface area (Å²) in [5.41, 5.74) is 0.594. The Morgan fingerprint density at radius 2 is 2.23 bits per heavy atom. The second-order valence-electron chi connectivity index (χ2n) is 7.11. The number of hydrogen-bond donors (Lipinski definition) is 0. The molecule has 1 saturated heterocycles. The Kier molecular flexibility index (Phi) is 5.87. The largest absolute Gasteiger partial charge is 0.465 e. The van der Waals surface area contributed by atoms with Crippen molar-refractivity contribution >= 4 is 28.6 Å². The third-order valence-corrected chi connectivity index (χ3v) is 6.00. The molecular weight excluding hydrogens is 408 g/mol. The quantitative estimate of drug-likeness (QED) is 0.331. The summed E-state index contributed by atoms with van der Waals surface area (Å²) in [5.74, 6) is 0.522. The lowest BCUT2D eigenvalue weighted by molar-refractivity contribution is 0.0601. The predicted molar refractivity (Wildman–Crippen MR) is 110 cm³/mol. The van der Waals surface area contributed by atoms with Gasteiger partial charge in [0.25, 0.3) is 5.56 Å². The van der Waals surface area contributed by atoms with Gasteiger partial charge < -0.3 is 14.0 Å². The Hall–Kier alpha value is -2.72. The van der Waals surface area contributed by atoms with Gasteiger partial charge in [-0.2, -0.15) is 4.98 Å². The van der Waals surface area contributed by atoms with Gasteiger partial charge in [-0.05, 0) is 44.9 Å². The summed E-state index contributed by atoms with van der Waals surface area (Å²) < 4.78 is 17.4. The number of thioether (sulfide) groups is 1. The number of nitrogens with zero attached hydrogens (tertiary/aromatic N) is 4. The first-order chi connectivity index (χ1) is 14.5. The molecule has 1 aliphatic heterocycles. The van der Waals surface area contributed by atoms with Crippen molar-refractivity contribution in [2.45, 2.75) is 49.7 Å². The first-order valence-corrected chi connectivity index (χ1v) is 10.6. The second-order valence-corrected chi connectivity index (χ2v) is 8.42. The van der Waals surface area contributed by atoms with Gasteiger partial charge in [-0.1, -0.05) is 16.9 Å². The van der Waals surface area contributed by atoms with Crippen molar-refractivity contribution in [2.24, 2.45) is 0 Å². The molecule has 0 aliphatic carbocycles. The van der Waals surface area contributed by atoms with Crippen molar-refractivity contribution in [2.75, 3.05) is 13.7 Å². The van der Waals surface area contributed by atoms with Crippen molar-refractivity contribution in [1.29, 1.82) is 0 Å². The average molecular weight is 430 g/mol. The lowest BCUT2D eigenvalue weighted by atomic mass is 10.1. The fourth-order valence-corrected chi connectivity index (χ4v) is 4.32. The van der Waals surface area contributed by atoms with Gasteiger partial charge in [0.2, 0.25) is 5.89 Å². The predicted octanol–water partition coefficient (Wildman–Crippen LogP) is 2.91. The number of fused-ring (bicyclic) bond motifs is 1. The number of aryl methyl sites for hydroxylation is 1. The molecule has 3 heterocycles. The molecule has 3 aromatic rings. The summed E-state index contributed by atoms with van der Waals surface area (Å²) in [6.07, 6.45) is 1.84. The van der Waals surface area contributed by atoms with Crippen LogP contribution in [0.15, 0.2) is 32.7 Å². The molecule has 0 spiro atoms. The Labute approximate surface area is 176 Å². The third-order valence-electron chi connectivity index (χ3n) is 4.92. The van der Waals surface area contributed by atoms with Gasteiger partial charge in [-0.3, -0.25) is 9.36 Å². The van der Waals surface area contributed by atoms with E-state index >= 15 is 0 Å². The molecule has 0 unspecified atom stereocenters. The van der Waals surface area contributed by atoms with Gasteiger partial charge in [0.1, 0.15) is 0 Å². The Balaban J connectivity index is 1.78. The van der Waals surface area contributed by atoms with E-state index in [9.17, 15) is 9.59 Å². The van der Waals surface area contributed by atoms with Crippen LogP contribution in [-0.4, -0.2) is 45.5 Å². The Morgan fingerprint density at radius 3 is 2.90 bits per heavy atom. The van der Waals surface area contributed by atoms with Crippen LogP contribution in [-0.2, 0) is 16.0 Å². The maximum Gasteiger partial charge on any atom is 0.337 e. The number of rotatable bonds is 6. The van der Waals surface area contributed by atoms with Crippen LogP contribution in [0.4, 0.5) is 0 Å². The summed E-state index contributed by atoms with van der Waals surface area (Å²) in [6.45, 7) is 4.77. The van der Waals surface area contributed by atoms with E-state index in [0.29, 0.717) is 46.5 Å². The van der Waals surface area contributed by atoms with Gasteiger partial charge in [-0.15, -0.1) is 0 Å². The molecule has 0 amide bonds. The highest BCUT2D eigenvalue weighted by Gasteiger charge is 2.23. The highest BCUT2D eigenvalue weighted by atomic mass is 32.2. The first-order valence-electron chi connectivity index (χ1n) is 9.67. The highest BCUT2D eigenvalue weighted by Crippen LogP contribution is 2.33. The molecule has 30 heavy (non-hydrogen) atoms. The van der Waals surface area contributed by atoms with E-state index in [1.807, 2.05) is 6.92 Å². The molecule has 1 aromatic carbocycles. The van der Waals surface area contributed by atoms with E-state index in [2.05, 4.69) is 10.1 Å². The number of esters is 1. The van der Waals surface area contributed by atoms with Gasteiger partial charge in [0.05, 0.1) is 41.5 Å². The molecule has 0 radical (unpaired) electrons. The molecule has 2 atom stereocenters. The number of benzene rings is 1. The summed E-state index contributed by atoms with van der Waals surface area (Å²) in [5, 5.41) is 4.56. The fourth-order valence-electron chi connectivity index (χ4n) is 3.38. The second kappa shape index (κ2) is 8.57. The molecule has 4 rings (SSSR count). The Bertz CT molecular complexity index is 1140. The minimum absolute atomic E-state index is 0.0309. The van der Waals surface area contributed by atoms with Crippen LogP contribution < -0.4 is 5.56 Å². The summed E-state index contributed by atoms with van der Waals surface area (Å²) >= 11 is 1.35. The normalized spacial score (nSPS) is 17.4. The van der Waals surface area contributed by atoms with E-state index < -0.39 is 5.97 Å². The number of ether oxygens (including phenoxy) is 2. The van der Waals surface area contributed by atoms with Crippen molar-refractivity contribution in [3.63, 3.8) is 0 Å². The van der Waals surface area contributed by atoms with Crippen LogP contribution in [0.25, 0.3) is 10.9 Å². The van der Waals surface area contributed by atoms with Crippen molar-refractivity contribution in [1.82, 2.24) is 19.7 Å². The van der Waals surface area contributed by atoms with Crippen LogP contribution in [0.1, 0.15) is 47.1 Å². The van der Waals surface area contributed by atoms with Gasteiger partial charge in [-0.25, -0.2) is 9.78 Å². The smallest absolute Gasteiger partial charge is 0.337 e. The third kappa shape index (κ3) is 4.10. The van der Waals surface area contributed by atoms with Gasteiger partial charge >= 0.3 is 5.97 Å². The van der Waals surface area contributed by atoms with E-state index in [1.165, 1.54) is 18.9 Å². The maximum absolute atomic E-state index is 13.3. The first kappa shape index (κ1) is 20.5. The highest BCUT2D eigenvalue weighted by molar-refractivity contribution is 7.99. The number of methoxy groups -OCH3 is 1. The molecule has 1 fully saturated rings. The maximum atomic E-state index is 13.3. The minimum Gasteiger partial charge on any atom is -0.465 e. The standard InChI is InChI=1S/C20H22N4O5S/c1-11(17-21-12(2)23-29-17)30-20-22-16-9-13(19(26)27-3)6-7-15(16)18(25)24(20)10-14-5-4-8-28-14/h6-7,9,11,14H,4-5,8,10H2,1-3H3/t11-,14+/m1/s1. The Morgan fingerprint density at radius 1 is 1.40 bits per heavy atom. The van der Waals surface area contributed by atoms with E-state index in [4.69, 9.17) is 19.0 Å². The summed E-state index contributed by atoms with van der Waals surface area (Å²) in [6, 6.07) is 4.76. The number of carbonyl (C=O) groups is 1. The zero-order valence-electron chi connectivity index (χ0n) is 17.0. The monoisotopic (exact) mass is 430 g/mol. The zero-order valence-corrected chi connectivity index (χ0v) is 17.8. The van der Waals surface area contributed by atoms with Crippen LogP contribution in [0.2, 0.25) is 0 Å². The number of carbonyl (C=O) groups excluding carboxylic acids is 1. The summed E-state index contributed by atoms with van der Waals surface area (Å²) in [4.78, 5) is 34.2. The SMILES string of the molecule is COC(=O)c1ccc2c(=O)n(C[C@@H]3CCCO3)c(S[C@H](C)c3nc(C)no3)nc2c1. The average Bonchev–Trinajstić information content (AvgIpc) is 3.41. The molecule has 0 saturated carbocycles. The molecular formula is C20H22N4O5S. The van der Waals surface area contributed by atoms with E-state index in [1.54, 1.807) is 29.7 Å².